The molecule has 0 spiro atoms. The first kappa shape index (κ1) is 22.6. The molecule has 2 aromatic heterocycles. The third-order valence-corrected chi connectivity index (χ3v) is 5.36. The van der Waals surface area contributed by atoms with E-state index in [1.165, 1.54) is 12.7 Å². The fraction of sp³-hybridized carbons (Fsp3) is 0.292. The highest BCUT2D eigenvalue weighted by Crippen LogP contribution is 2.33. The Bertz CT molecular complexity index is 1100. The Labute approximate surface area is 185 Å². The van der Waals surface area contributed by atoms with Crippen LogP contribution in [0, 0.1) is 0 Å². The third kappa shape index (κ3) is 4.97. The van der Waals surface area contributed by atoms with Crippen molar-refractivity contribution < 1.29 is 23.9 Å². The summed E-state index contributed by atoms with van der Waals surface area (Å²) in [6.07, 6.45) is 4.81. The van der Waals surface area contributed by atoms with E-state index in [0.717, 1.165) is 24.1 Å². The van der Waals surface area contributed by atoms with Crippen LogP contribution in [-0.2, 0) is 33.6 Å². The molecule has 0 bridgehead atoms. The largest absolute Gasteiger partial charge is 0.480 e. The predicted octanol–water partition coefficient (Wildman–Crippen LogP) is 4.18. The number of aromatic nitrogens is 1. The number of nitrogens with zero attached hydrogens (tertiary/aromatic N) is 1. The van der Waals surface area contributed by atoms with Crippen molar-refractivity contribution in [2.45, 2.75) is 32.6 Å². The first-order valence-electron chi connectivity index (χ1n) is 10.1. The lowest BCUT2D eigenvalue weighted by molar-refractivity contribution is -0.142. The van der Waals surface area contributed by atoms with Crippen LogP contribution in [0.25, 0.3) is 5.52 Å². The normalized spacial score (nSPS) is 10.8. The van der Waals surface area contributed by atoms with E-state index in [2.05, 4.69) is 16.9 Å². The van der Waals surface area contributed by atoms with Crippen molar-refractivity contribution in [3.05, 3.63) is 71.0 Å². The zero-order valence-electron chi connectivity index (χ0n) is 17.5. The number of methoxy groups -OCH3 is 1. The Kier molecular flexibility index (Phi) is 7.47. The van der Waals surface area contributed by atoms with E-state index in [4.69, 9.17) is 16.3 Å². The highest BCUT2D eigenvalue weighted by atomic mass is 35.5. The maximum Gasteiger partial charge on any atom is 0.343 e. The Morgan fingerprint density at radius 1 is 1.03 bits per heavy atom. The van der Waals surface area contributed by atoms with E-state index in [9.17, 15) is 14.4 Å². The number of Topliss-reactive ketones (excluding diaryl/α,β-unsaturated/α-hetero) is 1. The second-order valence-corrected chi connectivity index (χ2v) is 7.39. The first-order valence-corrected chi connectivity index (χ1v) is 10.5. The molecule has 0 atom stereocenters. The molecule has 0 amide bonds. The van der Waals surface area contributed by atoms with Gasteiger partial charge in [-0.3, -0.25) is 9.59 Å². The average molecular weight is 442 g/mol. The van der Waals surface area contributed by atoms with Crippen LogP contribution in [0.5, 0.6) is 5.75 Å². The molecule has 7 heteroatoms. The lowest BCUT2D eigenvalue weighted by atomic mass is 10.00. The molecule has 162 valence electrons. The maximum absolute atomic E-state index is 12.8. The summed E-state index contributed by atoms with van der Waals surface area (Å²) in [4.78, 5) is 36.1. The van der Waals surface area contributed by atoms with Gasteiger partial charge in [-0.2, -0.15) is 0 Å². The summed E-state index contributed by atoms with van der Waals surface area (Å²) in [5.41, 5.74) is 3.60. The van der Waals surface area contributed by atoms with E-state index < -0.39 is 17.0 Å². The Morgan fingerprint density at radius 2 is 1.77 bits per heavy atom. The molecule has 0 aliphatic carbocycles. The second-order valence-electron chi connectivity index (χ2n) is 7.05. The minimum absolute atomic E-state index is 0.234. The standard InChI is InChI=1S/C24H24ClNO5/c1-3-17-18(12-7-11-16-9-5-4-6-10-16)26-14-8-13-19(31-15-20(27)30-2)22(26)21(17)23(28)24(25)29/h4-6,8-10,13-14H,3,7,11-12,15H2,1-2H3. The predicted molar refractivity (Wildman–Crippen MR) is 118 cm³/mol. The average Bonchev–Trinajstić information content (AvgIpc) is 3.11. The summed E-state index contributed by atoms with van der Waals surface area (Å²) in [5.74, 6) is -1.01. The van der Waals surface area contributed by atoms with Crippen molar-refractivity contribution in [2.75, 3.05) is 13.7 Å². The molecule has 2 heterocycles. The summed E-state index contributed by atoms with van der Waals surface area (Å²) in [5, 5.41) is -1.05. The van der Waals surface area contributed by atoms with Gasteiger partial charge in [-0.15, -0.1) is 0 Å². The number of hydrogen-bond donors (Lipinski definition) is 0. The number of halogens is 1. The van der Waals surface area contributed by atoms with Gasteiger partial charge >= 0.3 is 5.97 Å². The third-order valence-electron chi connectivity index (χ3n) is 5.19. The smallest absolute Gasteiger partial charge is 0.343 e. The minimum Gasteiger partial charge on any atom is -0.480 e. The molecule has 3 aromatic rings. The maximum atomic E-state index is 12.8. The molecule has 31 heavy (non-hydrogen) atoms. The van der Waals surface area contributed by atoms with Crippen LogP contribution in [0.15, 0.2) is 48.7 Å². The van der Waals surface area contributed by atoms with Crippen LogP contribution in [0.1, 0.15) is 40.5 Å². The van der Waals surface area contributed by atoms with Crippen molar-refractivity contribution in [1.29, 1.82) is 0 Å². The van der Waals surface area contributed by atoms with Gasteiger partial charge in [-0.05, 0) is 60.5 Å². The van der Waals surface area contributed by atoms with Crippen LogP contribution in [0.2, 0.25) is 0 Å². The van der Waals surface area contributed by atoms with E-state index in [1.54, 1.807) is 12.1 Å². The SMILES string of the molecule is CCc1c(C(=O)C(=O)Cl)c2c(OCC(=O)OC)cccn2c1CCCc1ccccc1. The number of benzene rings is 1. The number of carbonyl (C=O) groups excluding carboxylic acids is 3. The van der Waals surface area contributed by atoms with E-state index in [0.29, 0.717) is 24.1 Å². The Hall–Kier alpha value is -3.12. The van der Waals surface area contributed by atoms with Crippen molar-refractivity contribution >= 4 is 34.1 Å². The topological polar surface area (TPSA) is 74.1 Å². The first-order chi connectivity index (χ1) is 15.0. The van der Waals surface area contributed by atoms with Crippen LogP contribution in [-0.4, -0.2) is 35.1 Å². The summed E-state index contributed by atoms with van der Waals surface area (Å²) in [7, 11) is 1.27. The van der Waals surface area contributed by atoms with Gasteiger partial charge in [0.15, 0.2) is 6.61 Å². The molecule has 0 saturated carbocycles. The lowest BCUT2D eigenvalue weighted by Gasteiger charge is -2.09. The molecule has 0 aliphatic rings. The van der Waals surface area contributed by atoms with E-state index in [-0.39, 0.29) is 12.2 Å². The molecule has 1 aromatic carbocycles. The van der Waals surface area contributed by atoms with Gasteiger partial charge in [-0.1, -0.05) is 37.3 Å². The van der Waals surface area contributed by atoms with Gasteiger partial charge in [0.2, 0.25) is 5.78 Å². The van der Waals surface area contributed by atoms with E-state index >= 15 is 0 Å². The molecule has 0 fully saturated rings. The second kappa shape index (κ2) is 10.3. The Balaban J connectivity index is 2.05. The molecule has 3 rings (SSSR count). The number of carbonyl (C=O) groups is 3. The van der Waals surface area contributed by atoms with Gasteiger partial charge in [-0.25, -0.2) is 4.79 Å². The van der Waals surface area contributed by atoms with Crippen LogP contribution in [0.4, 0.5) is 0 Å². The molecule has 0 aliphatic heterocycles. The minimum atomic E-state index is -1.05. The number of aryl methyl sites for hydroxylation is 2. The van der Waals surface area contributed by atoms with Crippen LogP contribution >= 0.6 is 11.6 Å². The zero-order chi connectivity index (χ0) is 22.4. The van der Waals surface area contributed by atoms with Crippen molar-refractivity contribution in [1.82, 2.24) is 4.40 Å². The highest BCUT2D eigenvalue weighted by molar-refractivity contribution is 6.83. The van der Waals surface area contributed by atoms with Gasteiger partial charge in [0.05, 0.1) is 18.2 Å². The summed E-state index contributed by atoms with van der Waals surface area (Å²) in [6.45, 7) is 1.62. The highest BCUT2D eigenvalue weighted by Gasteiger charge is 2.28. The van der Waals surface area contributed by atoms with Gasteiger partial charge in [0.1, 0.15) is 5.75 Å². The van der Waals surface area contributed by atoms with Gasteiger partial charge in [0, 0.05) is 11.9 Å². The fourth-order valence-electron chi connectivity index (χ4n) is 3.80. The zero-order valence-corrected chi connectivity index (χ0v) is 18.3. The number of rotatable bonds is 10. The van der Waals surface area contributed by atoms with Crippen LogP contribution in [0.3, 0.4) is 0 Å². The molecular weight excluding hydrogens is 418 g/mol. The number of pyridine rings is 1. The van der Waals surface area contributed by atoms with Crippen molar-refractivity contribution in [2.24, 2.45) is 0 Å². The lowest BCUT2D eigenvalue weighted by Crippen LogP contribution is -2.14. The van der Waals surface area contributed by atoms with Crippen molar-refractivity contribution in [3.8, 4) is 5.75 Å². The summed E-state index contributed by atoms with van der Waals surface area (Å²) >= 11 is 5.58. The molecule has 0 radical (unpaired) electrons. The number of hydrogen-bond acceptors (Lipinski definition) is 5. The van der Waals surface area contributed by atoms with Crippen LogP contribution < -0.4 is 4.74 Å². The van der Waals surface area contributed by atoms with Gasteiger partial charge < -0.3 is 13.9 Å². The fourth-order valence-corrected chi connectivity index (χ4v) is 3.90. The van der Waals surface area contributed by atoms with Gasteiger partial charge in [0.25, 0.3) is 5.24 Å². The summed E-state index contributed by atoms with van der Waals surface area (Å²) < 4.78 is 12.1. The monoisotopic (exact) mass is 441 g/mol. The van der Waals surface area contributed by atoms with E-state index in [1.807, 2.05) is 35.7 Å². The number of ether oxygens (including phenoxy) is 2. The molecule has 0 saturated heterocycles. The molecular formula is C24H24ClNO5. The quantitative estimate of drug-likeness (QED) is 0.204. The Morgan fingerprint density at radius 3 is 2.42 bits per heavy atom. The number of fused-ring (bicyclic) bond motifs is 1. The molecule has 6 nitrogen and oxygen atoms in total. The molecule has 0 unspecified atom stereocenters. The number of esters is 1. The number of ketones is 1. The molecule has 0 N–H and O–H groups in total. The van der Waals surface area contributed by atoms with Crippen molar-refractivity contribution in [3.63, 3.8) is 0 Å². The summed E-state index contributed by atoms with van der Waals surface area (Å²) in [6, 6.07) is 13.6.